The number of sulfonamides is 1. The van der Waals surface area contributed by atoms with Gasteiger partial charge in [-0.15, -0.1) is 0 Å². The van der Waals surface area contributed by atoms with Gasteiger partial charge in [-0.1, -0.05) is 17.7 Å². The van der Waals surface area contributed by atoms with Gasteiger partial charge in [0.25, 0.3) is 0 Å². The maximum absolute atomic E-state index is 12.5. The second-order valence-corrected chi connectivity index (χ2v) is 7.00. The lowest BCUT2D eigenvalue weighted by atomic mass is 10.2. The molecule has 0 N–H and O–H groups in total. The van der Waals surface area contributed by atoms with Gasteiger partial charge in [0.15, 0.2) is 0 Å². The third kappa shape index (κ3) is 3.01. The Morgan fingerprint density at radius 3 is 2.20 bits per heavy atom. The molecule has 0 spiro atoms. The van der Waals surface area contributed by atoms with Crippen LogP contribution in [0.4, 0.5) is 0 Å². The van der Waals surface area contributed by atoms with E-state index in [2.05, 4.69) is 6.07 Å². The molecule has 1 aliphatic heterocycles. The monoisotopic (exact) mass is 293 g/mol. The zero-order valence-electron chi connectivity index (χ0n) is 11.8. The zero-order chi connectivity index (χ0) is 14.8. The van der Waals surface area contributed by atoms with Crippen molar-refractivity contribution in [1.82, 2.24) is 9.21 Å². The first-order valence-corrected chi connectivity index (χ1v) is 8.09. The minimum atomic E-state index is -3.41. The molecule has 0 saturated carbocycles. The Bertz CT molecular complexity index is 596. The van der Waals surface area contributed by atoms with Crippen LogP contribution in [0.15, 0.2) is 29.2 Å². The predicted octanol–water partition coefficient (Wildman–Crippen LogP) is 1.21. The van der Waals surface area contributed by atoms with Crippen LogP contribution in [0.1, 0.15) is 12.5 Å². The molecule has 1 aromatic carbocycles. The van der Waals surface area contributed by atoms with Crippen LogP contribution in [0.25, 0.3) is 0 Å². The van der Waals surface area contributed by atoms with Crippen molar-refractivity contribution >= 4 is 10.0 Å². The van der Waals surface area contributed by atoms with Gasteiger partial charge in [0.2, 0.25) is 10.0 Å². The van der Waals surface area contributed by atoms with E-state index < -0.39 is 10.0 Å². The van der Waals surface area contributed by atoms with Crippen LogP contribution in [-0.2, 0) is 10.0 Å². The van der Waals surface area contributed by atoms with E-state index in [1.54, 1.807) is 24.3 Å². The van der Waals surface area contributed by atoms with Crippen molar-refractivity contribution in [2.24, 2.45) is 0 Å². The average Bonchev–Trinajstić information content (AvgIpc) is 2.47. The summed E-state index contributed by atoms with van der Waals surface area (Å²) >= 11 is 0. The van der Waals surface area contributed by atoms with Crippen molar-refractivity contribution < 1.29 is 8.42 Å². The second kappa shape index (κ2) is 5.92. The van der Waals surface area contributed by atoms with Crippen LogP contribution in [0.3, 0.4) is 0 Å². The number of nitriles is 1. The highest BCUT2D eigenvalue weighted by Gasteiger charge is 2.29. The maximum Gasteiger partial charge on any atom is 0.243 e. The van der Waals surface area contributed by atoms with E-state index in [0.29, 0.717) is 31.1 Å². The third-order valence-electron chi connectivity index (χ3n) is 3.67. The summed E-state index contributed by atoms with van der Waals surface area (Å²) in [5.41, 5.74) is 1.04. The van der Waals surface area contributed by atoms with Gasteiger partial charge < -0.3 is 0 Å². The Balaban J connectivity index is 2.10. The first-order valence-electron chi connectivity index (χ1n) is 6.65. The number of nitrogens with zero attached hydrogens (tertiary/aromatic N) is 3. The van der Waals surface area contributed by atoms with Crippen LogP contribution in [0.5, 0.6) is 0 Å². The highest BCUT2D eigenvalue weighted by atomic mass is 32.2. The summed E-state index contributed by atoms with van der Waals surface area (Å²) in [4.78, 5) is 2.34. The lowest BCUT2D eigenvalue weighted by Gasteiger charge is -2.35. The molecule has 1 aromatic rings. The Kier molecular flexibility index (Phi) is 4.43. The number of rotatable bonds is 3. The van der Waals surface area contributed by atoms with Gasteiger partial charge in [0.1, 0.15) is 0 Å². The first-order chi connectivity index (χ1) is 9.45. The number of benzene rings is 1. The quantitative estimate of drug-likeness (QED) is 0.840. The molecule has 5 nitrogen and oxygen atoms in total. The minimum Gasteiger partial charge on any atom is -0.286 e. The highest BCUT2D eigenvalue weighted by molar-refractivity contribution is 7.89. The molecule has 1 heterocycles. The summed E-state index contributed by atoms with van der Waals surface area (Å²) in [6, 6.07) is 8.93. The molecule has 6 heteroatoms. The number of piperazine rings is 1. The van der Waals surface area contributed by atoms with E-state index in [-0.39, 0.29) is 6.04 Å². The third-order valence-corrected chi connectivity index (χ3v) is 5.58. The van der Waals surface area contributed by atoms with E-state index in [1.807, 2.05) is 18.7 Å². The van der Waals surface area contributed by atoms with E-state index in [0.717, 1.165) is 5.56 Å². The highest BCUT2D eigenvalue weighted by Crippen LogP contribution is 2.18. The molecule has 1 atom stereocenters. The molecule has 2 rings (SSSR count). The fourth-order valence-corrected chi connectivity index (χ4v) is 3.69. The molecule has 0 amide bonds. The van der Waals surface area contributed by atoms with E-state index >= 15 is 0 Å². The fraction of sp³-hybridized carbons (Fsp3) is 0.500. The minimum absolute atomic E-state index is 0.167. The van der Waals surface area contributed by atoms with Crippen molar-refractivity contribution in [2.45, 2.75) is 24.8 Å². The van der Waals surface area contributed by atoms with Gasteiger partial charge in [-0.25, -0.2) is 8.42 Å². The summed E-state index contributed by atoms with van der Waals surface area (Å²) in [5, 5.41) is 8.89. The molecule has 0 aromatic heterocycles. The van der Waals surface area contributed by atoms with Gasteiger partial charge in [0, 0.05) is 26.2 Å². The number of aryl methyl sites for hydroxylation is 1. The first kappa shape index (κ1) is 15.0. The topological polar surface area (TPSA) is 64.4 Å². The Morgan fingerprint density at radius 2 is 1.70 bits per heavy atom. The molecule has 1 fully saturated rings. The van der Waals surface area contributed by atoms with Crippen molar-refractivity contribution in [3.05, 3.63) is 29.8 Å². The molecule has 0 unspecified atom stereocenters. The van der Waals surface area contributed by atoms with E-state index in [1.165, 1.54) is 4.31 Å². The SMILES string of the molecule is Cc1ccc(S(=O)(=O)N2CCN([C@@H](C)C#N)CC2)cc1. The molecule has 1 saturated heterocycles. The summed E-state index contributed by atoms with van der Waals surface area (Å²) in [7, 11) is -3.41. The molecule has 0 aliphatic carbocycles. The molecule has 108 valence electrons. The predicted molar refractivity (Wildman–Crippen MR) is 76.6 cm³/mol. The fourth-order valence-electron chi connectivity index (χ4n) is 2.27. The van der Waals surface area contributed by atoms with Crippen LogP contribution in [0.2, 0.25) is 0 Å². The Hall–Kier alpha value is -1.42. The molecule has 1 aliphatic rings. The van der Waals surface area contributed by atoms with Crippen LogP contribution >= 0.6 is 0 Å². The van der Waals surface area contributed by atoms with Gasteiger partial charge in [-0.2, -0.15) is 9.57 Å². The van der Waals surface area contributed by atoms with Crippen molar-refractivity contribution in [3.63, 3.8) is 0 Å². The van der Waals surface area contributed by atoms with E-state index in [9.17, 15) is 8.42 Å². The van der Waals surface area contributed by atoms with Gasteiger partial charge in [-0.3, -0.25) is 4.90 Å². The number of hydrogen-bond donors (Lipinski definition) is 0. The lowest BCUT2D eigenvalue weighted by Crippen LogP contribution is -2.50. The van der Waals surface area contributed by atoms with Crippen molar-refractivity contribution in [1.29, 1.82) is 5.26 Å². The zero-order valence-corrected chi connectivity index (χ0v) is 12.6. The Labute approximate surface area is 120 Å². The summed E-state index contributed by atoms with van der Waals surface area (Å²) in [5.74, 6) is 0. The molecular formula is C14H19N3O2S. The smallest absolute Gasteiger partial charge is 0.243 e. The van der Waals surface area contributed by atoms with Gasteiger partial charge >= 0.3 is 0 Å². The van der Waals surface area contributed by atoms with E-state index in [4.69, 9.17) is 5.26 Å². The van der Waals surface area contributed by atoms with Gasteiger partial charge in [-0.05, 0) is 26.0 Å². The lowest BCUT2D eigenvalue weighted by molar-refractivity contribution is 0.169. The summed E-state index contributed by atoms with van der Waals surface area (Å²) in [6.07, 6.45) is 0. The molecule has 0 bridgehead atoms. The normalized spacial score (nSPS) is 19.4. The van der Waals surface area contributed by atoms with Crippen LogP contribution in [0, 0.1) is 18.3 Å². The second-order valence-electron chi connectivity index (χ2n) is 5.06. The Morgan fingerprint density at radius 1 is 1.15 bits per heavy atom. The summed E-state index contributed by atoms with van der Waals surface area (Å²) < 4.78 is 26.5. The summed E-state index contributed by atoms with van der Waals surface area (Å²) in [6.45, 7) is 5.83. The molecule has 0 radical (unpaired) electrons. The van der Waals surface area contributed by atoms with Gasteiger partial charge in [0.05, 0.1) is 17.0 Å². The molecule has 20 heavy (non-hydrogen) atoms. The maximum atomic E-state index is 12.5. The number of hydrogen-bond acceptors (Lipinski definition) is 4. The average molecular weight is 293 g/mol. The molecular weight excluding hydrogens is 274 g/mol. The van der Waals surface area contributed by atoms with Crippen molar-refractivity contribution in [2.75, 3.05) is 26.2 Å². The largest absolute Gasteiger partial charge is 0.286 e. The van der Waals surface area contributed by atoms with Crippen LogP contribution in [-0.4, -0.2) is 49.8 Å². The van der Waals surface area contributed by atoms with Crippen molar-refractivity contribution in [3.8, 4) is 6.07 Å². The standard InChI is InChI=1S/C14H19N3O2S/c1-12-3-5-14(6-4-12)20(18,19)17-9-7-16(8-10-17)13(2)11-15/h3-6,13H,7-10H2,1-2H3/t13-/m0/s1. The van der Waals surface area contributed by atoms with Crippen LogP contribution < -0.4 is 0 Å².